The molecule has 2 nitrogen and oxygen atoms in total. The summed E-state index contributed by atoms with van der Waals surface area (Å²) in [6, 6.07) is 4.92. The molecule has 0 aromatic heterocycles. The van der Waals surface area contributed by atoms with Crippen LogP contribution in [0.25, 0.3) is 0 Å². The van der Waals surface area contributed by atoms with Crippen molar-refractivity contribution in [2.24, 2.45) is 0 Å². The Bertz CT molecular complexity index is 387. The van der Waals surface area contributed by atoms with E-state index in [-0.39, 0.29) is 5.91 Å². The number of anilines is 1. The standard InChI is InChI=1S/C10H10BrCl2NO/c1-10(2,11)9(15)14-8-4-3-6(12)5-7(8)13/h3-5H,1-2H3,(H,14,15). The molecule has 0 aliphatic rings. The quantitative estimate of drug-likeness (QED) is 0.818. The molecule has 5 heteroatoms. The fourth-order valence-electron chi connectivity index (χ4n) is 0.862. The van der Waals surface area contributed by atoms with Crippen molar-refractivity contribution in [1.29, 1.82) is 0 Å². The molecule has 1 amide bonds. The average molecular weight is 311 g/mol. The molecule has 0 saturated heterocycles. The highest BCUT2D eigenvalue weighted by Crippen LogP contribution is 2.27. The number of alkyl halides is 1. The lowest BCUT2D eigenvalue weighted by atomic mass is 10.2. The maximum absolute atomic E-state index is 11.6. The molecule has 0 radical (unpaired) electrons. The van der Waals surface area contributed by atoms with E-state index in [1.165, 1.54) is 0 Å². The van der Waals surface area contributed by atoms with Crippen LogP contribution in [0.5, 0.6) is 0 Å². The van der Waals surface area contributed by atoms with Crippen LogP contribution in [0, 0.1) is 0 Å². The summed E-state index contributed by atoms with van der Waals surface area (Å²) in [7, 11) is 0. The highest BCUT2D eigenvalue weighted by molar-refractivity contribution is 9.10. The first kappa shape index (κ1) is 12.8. The molecule has 15 heavy (non-hydrogen) atoms. The molecule has 1 aromatic carbocycles. The topological polar surface area (TPSA) is 29.1 Å². The molecule has 0 bridgehead atoms. The third-order valence-electron chi connectivity index (χ3n) is 1.72. The third-order valence-corrected chi connectivity index (χ3v) is 2.63. The van der Waals surface area contributed by atoms with Gasteiger partial charge in [0.25, 0.3) is 0 Å². The van der Waals surface area contributed by atoms with Crippen LogP contribution in [-0.2, 0) is 4.79 Å². The molecule has 0 aliphatic carbocycles. The Morgan fingerprint density at radius 3 is 2.47 bits per heavy atom. The molecule has 0 aliphatic heterocycles. The molecule has 1 N–H and O–H groups in total. The Kier molecular flexibility index (Phi) is 4.04. The summed E-state index contributed by atoms with van der Waals surface area (Å²) < 4.78 is -0.629. The van der Waals surface area contributed by atoms with Gasteiger partial charge in [0.1, 0.15) is 0 Å². The molecular weight excluding hydrogens is 301 g/mol. The molecule has 0 heterocycles. The monoisotopic (exact) mass is 309 g/mol. The maximum atomic E-state index is 11.6. The van der Waals surface area contributed by atoms with Crippen molar-refractivity contribution >= 4 is 50.7 Å². The summed E-state index contributed by atoms with van der Waals surface area (Å²) >= 11 is 14.9. The second kappa shape index (κ2) is 4.73. The molecule has 0 unspecified atom stereocenters. The minimum Gasteiger partial charge on any atom is -0.324 e. The predicted octanol–water partition coefficient (Wildman–Crippen LogP) is 4.11. The molecule has 1 rings (SSSR count). The van der Waals surface area contributed by atoms with Gasteiger partial charge in [-0.15, -0.1) is 0 Å². The Labute approximate surface area is 107 Å². The van der Waals surface area contributed by atoms with Gasteiger partial charge in [-0.1, -0.05) is 39.1 Å². The minimum absolute atomic E-state index is 0.160. The van der Waals surface area contributed by atoms with Gasteiger partial charge in [0.05, 0.1) is 15.0 Å². The van der Waals surface area contributed by atoms with E-state index in [0.717, 1.165) is 0 Å². The van der Waals surface area contributed by atoms with E-state index < -0.39 is 4.32 Å². The van der Waals surface area contributed by atoms with Gasteiger partial charge in [0.2, 0.25) is 5.91 Å². The molecule has 0 spiro atoms. The lowest BCUT2D eigenvalue weighted by Crippen LogP contribution is -2.31. The Balaban J connectivity index is 2.87. The number of hydrogen-bond donors (Lipinski definition) is 1. The maximum Gasteiger partial charge on any atom is 0.240 e. The summed E-state index contributed by atoms with van der Waals surface area (Å²) in [6.07, 6.45) is 0. The van der Waals surface area contributed by atoms with Crippen molar-refractivity contribution in [1.82, 2.24) is 0 Å². The highest BCUT2D eigenvalue weighted by Gasteiger charge is 2.24. The second-order valence-corrected chi connectivity index (χ2v) is 6.38. The van der Waals surface area contributed by atoms with Gasteiger partial charge in [-0.3, -0.25) is 4.79 Å². The summed E-state index contributed by atoms with van der Waals surface area (Å²) in [5.41, 5.74) is 0.554. The minimum atomic E-state index is -0.629. The van der Waals surface area contributed by atoms with Crippen LogP contribution in [0.15, 0.2) is 18.2 Å². The van der Waals surface area contributed by atoms with Gasteiger partial charge in [-0.2, -0.15) is 0 Å². The van der Waals surface area contributed by atoms with Crippen LogP contribution < -0.4 is 5.32 Å². The zero-order chi connectivity index (χ0) is 11.6. The number of carbonyl (C=O) groups is 1. The predicted molar refractivity (Wildman–Crippen MR) is 68.1 cm³/mol. The van der Waals surface area contributed by atoms with Crippen LogP contribution >= 0.6 is 39.1 Å². The molecular formula is C10H10BrCl2NO. The van der Waals surface area contributed by atoms with Crippen LogP contribution in [0.1, 0.15) is 13.8 Å². The number of halogens is 3. The van der Waals surface area contributed by atoms with Crippen molar-refractivity contribution in [3.05, 3.63) is 28.2 Å². The van der Waals surface area contributed by atoms with Crippen molar-refractivity contribution in [3.63, 3.8) is 0 Å². The molecule has 82 valence electrons. The van der Waals surface area contributed by atoms with Crippen LogP contribution in [0.4, 0.5) is 5.69 Å². The largest absolute Gasteiger partial charge is 0.324 e. The third kappa shape index (κ3) is 3.67. The number of amides is 1. The van der Waals surface area contributed by atoms with Gasteiger partial charge >= 0.3 is 0 Å². The zero-order valence-corrected chi connectivity index (χ0v) is 11.4. The van der Waals surface area contributed by atoms with Gasteiger partial charge in [0, 0.05) is 5.02 Å². The Morgan fingerprint density at radius 1 is 1.40 bits per heavy atom. The van der Waals surface area contributed by atoms with Crippen LogP contribution in [0.2, 0.25) is 10.0 Å². The zero-order valence-electron chi connectivity index (χ0n) is 8.27. The van der Waals surface area contributed by atoms with E-state index in [4.69, 9.17) is 23.2 Å². The second-order valence-electron chi connectivity index (χ2n) is 3.55. The van der Waals surface area contributed by atoms with Crippen molar-refractivity contribution in [3.8, 4) is 0 Å². The van der Waals surface area contributed by atoms with Gasteiger partial charge in [0.15, 0.2) is 0 Å². The summed E-state index contributed by atoms with van der Waals surface area (Å²) in [5.74, 6) is -0.160. The van der Waals surface area contributed by atoms with E-state index in [2.05, 4.69) is 21.2 Å². The number of rotatable bonds is 2. The number of hydrogen-bond acceptors (Lipinski definition) is 1. The molecule has 0 saturated carbocycles. The van der Waals surface area contributed by atoms with Crippen molar-refractivity contribution in [2.45, 2.75) is 18.2 Å². The SMILES string of the molecule is CC(C)(Br)C(=O)Nc1ccc(Cl)cc1Cl. The first-order chi connectivity index (χ1) is 6.80. The number of nitrogens with one attached hydrogen (secondary N) is 1. The molecule has 0 fully saturated rings. The fourth-order valence-corrected chi connectivity index (χ4v) is 1.42. The first-order valence-electron chi connectivity index (χ1n) is 4.26. The van der Waals surface area contributed by atoms with Crippen LogP contribution in [0.3, 0.4) is 0 Å². The van der Waals surface area contributed by atoms with E-state index in [0.29, 0.717) is 15.7 Å². The highest BCUT2D eigenvalue weighted by atomic mass is 79.9. The van der Waals surface area contributed by atoms with E-state index >= 15 is 0 Å². The summed E-state index contributed by atoms with van der Waals surface area (Å²) in [6.45, 7) is 3.51. The number of benzene rings is 1. The Morgan fingerprint density at radius 2 is 2.00 bits per heavy atom. The first-order valence-corrected chi connectivity index (χ1v) is 5.81. The van der Waals surface area contributed by atoms with Gasteiger partial charge in [-0.05, 0) is 32.0 Å². The van der Waals surface area contributed by atoms with Crippen molar-refractivity contribution in [2.75, 3.05) is 5.32 Å². The van der Waals surface area contributed by atoms with Gasteiger partial charge in [-0.25, -0.2) is 0 Å². The average Bonchev–Trinajstić information content (AvgIpc) is 2.08. The summed E-state index contributed by atoms with van der Waals surface area (Å²) in [4.78, 5) is 11.6. The van der Waals surface area contributed by atoms with E-state index in [1.54, 1.807) is 32.0 Å². The Hall–Kier alpha value is -0.250. The van der Waals surface area contributed by atoms with E-state index in [9.17, 15) is 4.79 Å². The molecule has 1 aromatic rings. The normalized spacial score (nSPS) is 11.3. The smallest absolute Gasteiger partial charge is 0.240 e. The lowest BCUT2D eigenvalue weighted by Gasteiger charge is -2.16. The number of carbonyl (C=O) groups excluding carboxylic acids is 1. The van der Waals surface area contributed by atoms with Crippen molar-refractivity contribution < 1.29 is 4.79 Å². The fraction of sp³-hybridized carbons (Fsp3) is 0.300. The summed E-state index contributed by atoms with van der Waals surface area (Å²) in [5, 5.41) is 3.66. The van der Waals surface area contributed by atoms with Gasteiger partial charge < -0.3 is 5.32 Å². The molecule has 0 atom stereocenters. The van der Waals surface area contributed by atoms with Crippen LogP contribution in [-0.4, -0.2) is 10.2 Å². The lowest BCUT2D eigenvalue weighted by molar-refractivity contribution is -0.117. The van der Waals surface area contributed by atoms with E-state index in [1.807, 2.05) is 0 Å².